The van der Waals surface area contributed by atoms with E-state index < -0.39 is 0 Å². The van der Waals surface area contributed by atoms with Crippen molar-refractivity contribution in [2.45, 2.75) is 26.3 Å². The average Bonchev–Trinajstić information content (AvgIpc) is 2.61. The minimum atomic E-state index is -0.284. The van der Waals surface area contributed by atoms with Crippen LogP contribution in [0.15, 0.2) is 27.4 Å². The van der Waals surface area contributed by atoms with Crippen LogP contribution in [0.3, 0.4) is 0 Å². The molecule has 0 saturated heterocycles. The molecule has 0 amide bonds. The summed E-state index contributed by atoms with van der Waals surface area (Å²) in [7, 11) is 0. The summed E-state index contributed by atoms with van der Waals surface area (Å²) in [5.74, 6) is -0.284. The number of nitrogens with two attached hydrogens (primary N) is 1. The fourth-order valence-electron chi connectivity index (χ4n) is 1.87. The zero-order valence-corrected chi connectivity index (χ0v) is 9.40. The summed E-state index contributed by atoms with van der Waals surface area (Å²) >= 11 is 0. The highest BCUT2D eigenvalue weighted by molar-refractivity contribution is 5.73. The smallest absolute Gasteiger partial charge is 0.408 e. The van der Waals surface area contributed by atoms with E-state index in [9.17, 15) is 4.79 Å². The molecule has 16 heavy (non-hydrogen) atoms. The summed E-state index contributed by atoms with van der Waals surface area (Å²) < 4.78 is 6.77. The normalized spacial score (nSPS) is 11.1. The van der Waals surface area contributed by atoms with Gasteiger partial charge in [-0.15, -0.1) is 0 Å². The maximum absolute atomic E-state index is 11.5. The van der Waals surface area contributed by atoms with Crippen LogP contribution in [0.25, 0.3) is 11.1 Å². The van der Waals surface area contributed by atoms with E-state index in [-0.39, 0.29) is 5.76 Å². The molecule has 1 aromatic heterocycles. The van der Waals surface area contributed by atoms with Gasteiger partial charge in [0.1, 0.15) is 0 Å². The summed E-state index contributed by atoms with van der Waals surface area (Å²) in [6.07, 6.45) is 1.90. The molecule has 0 spiro atoms. The molecule has 4 nitrogen and oxygen atoms in total. The van der Waals surface area contributed by atoms with Gasteiger partial charge in [0.25, 0.3) is 0 Å². The van der Waals surface area contributed by atoms with Crippen LogP contribution in [0.4, 0.5) is 0 Å². The second-order valence-electron chi connectivity index (χ2n) is 3.81. The summed E-state index contributed by atoms with van der Waals surface area (Å²) in [5.41, 5.74) is 8.20. The zero-order valence-electron chi connectivity index (χ0n) is 9.40. The molecule has 2 aromatic rings. The van der Waals surface area contributed by atoms with Gasteiger partial charge < -0.3 is 10.2 Å². The van der Waals surface area contributed by atoms with Crippen LogP contribution in [0.2, 0.25) is 0 Å². The molecule has 0 fully saturated rings. The van der Waals surface area contributed by atoms with Crippen molar-refractivity contribution in [1.82, 2.24) is 4.57 Å². The largest absolute Gasteiger partial charge is 0.419 e. The van der Waals surface area contributed by atoms with Gasteiger partial charge in [-0.05, 0) is 44.0 Å². The quantitative estimate of drug-likeness (QED) is 0.849. The lowest BCUT2D eigenvalue weighted by molar-refractivity contribution is 0.513. The van der Waals surface area contributed by atoms with E-state index in [0.717, 1.165) is 18.4 Å². The predicted octanol–water partition coefficient (Wildman–Crippen LogP) is 1.51. The molecule has 0 aliphatic carbocycles. The van der Waals surface area contributed by atoms with Crippen LogP contribution in [0, 0.1) is 0 Å². The number of rotatable bonds is 4. The Balaban J connectivity index is 2.47. The van der Waals surface area contributed by atoms with Crippen LogP contribution in [0.1, 0.15) is 18.9 Å². The third-order valence-electron chi connectivity index (χ3n) is 2.72. The molecule has 1 aromatic carbocycles. The van der Waals surface area contributed by atoms with Crippen molar-refractivity contribution in [2.75, 3.05) is 6.54 Å². The van der Waals surface area contributed by atoms with Gasteiger partial charge in [-0.1, -0.05) is 6.07 Å². The van der Waals surface area contributed by atoms with Crippen molar-refractivity contribution in [1.29, 1.82) is 0 Å². The molecule has 1 heterocycles. The van der Waals surface area contributed by atoms with Crippen LogP contribution in [-0.4, -0.2) is 11.1 Å². The van der Waals surface area contributed by atoms with Crippen molar-refractivity contribution in [3.63, 3.8) is 0 Å². The number of hydrogen-bond acceptors (Lipinski definition) is 3. The van der Waals surface area contributed by atoms with Crippen LogP contribution < -0.4 is 11.5 Å². The molecule has 86 valence electrons. The molecule has 2 rings (SSSR count). The third-order valence-corrected chi connectivity index (χ3v) is 2.72. The lowest BCUT2D eigenvalue weighted by Crippen LogP contribution is -2.12. The monoisotopic (exact) mass is 220 g/mol. The van der Waals surface area contributed by atoms with E-state index in [1.165, 1.54) is 5.56 Å². The van der Waals surface area contributed by atoms with Crippen LogP contribution in [0.5, 0.6) is 0 Å². The van der Waals surface area contributed by atoms with E-state index >= 15 is 0 Å². The molecule has 2 N–H and O–H groups in total. The van der Waals surface area contributed by atoms with Gasteiger partial charge >= 0.3 is 5.76 Å². The Hall–Kier alpha value is -1.55. The molecule has 0 unspecified atom stereocenters. The van der Waals surface area contributed by atoms with Crippen molar-refractivity contribution in [3.05, 3.63) is 34.3 Å². The lowest BCUT2D eigenvalue weighted by Gasteiger charge is -2.01. The third kappa shape index (κ3) is 1.88. The summed E-state index contributed by atoms with van der Waals surface area (Å²) in [5, 5.41) is 0. The van der Waals surface area contributed by atoms with Gasteiger partial charge in [0.15, 0.2) is 5.58 Å². The Kier molecular flexibility index (Phi) is 3.10. The van der Waals surface area contributed by atoms with Gasteiger partial charge in [0, 0.05) is 6.54 Å². The Bertz CT molecular complexity index is 539. The van der Waals surface area contributed by atoms with Crippen LogP contribution in [-0.2, 0) is 13.0 Å². The number of oxazole rings is 1. The molecule has 0 aliphatic rings. The van der Waals surface area contributed by atoms with Crippen molar-refractivity contribution in [2.24, 2.45) is 5.73 Å². The maximum atomic E-state index is 11.5. The first-order valence-electron chi connectivity index (χ1n) is 5.58. The second-order valence-corrected chi connectivity index (χ2v) is 3.81. The highest BCUT2D eigenvalue weighted by Gasteiger charge is 2.07. The number of fused-ring (bicyclic) bond motifs is 1. The first kappa shape index (κ1) is 11.0. The number of benzene rings is 1. The number of aromatic nitrogens is 1. The van der Waals surface area contributed by atoms with Crippen LogP contribution >= 0.6 is 0 Å². The second kappa shape index (κ2) is 4.53. The highest BCUT2D eigenvalue weighted by atomic mass is 16.4. The number of nitrogens with zero attached hydrogens (tertiary/aromatic N) is 1. The standard InChI is InChI=1S/C12H16N2O2/c1-2-14-10-8-9(4-3-7-13)5-6-11(10)16-12(14)15/h5-6,8H,2-4,7,13H2,1H3. The number of hydrogen-bond donors (Lipinski definition) is 1. The fraction of sp³-hybridized carbons (Fsp3) is 0.417. The average molecular weight is 220 g/mol. The zero-order chi connectivity index (χ0) is 11.5. The van der Waals surface area contributed by atoms with Gasteiger partial charge in [0.05, 0.1) is 5.52 Å². The highest BCUT2D eigenvalue weighted by Crippen LogP contribution is 2.16. The maximum Gasteiger partial charge on any atom is 0.419 e. The van der Waals surface area contributed by atoms with Gasteiger partial charge in [-0.2, -0.15) is 0 Å². The Labute approximate surface area is 93.7 Å². The lowest BCUT2D eigenvalue weighted by atomic mass is 10.1. The number of aryl methyl sites for hydroxylation is 2. The minimum Gasteiger partial charge on any atom is -0.408 e. The summed E-state index contributed by atoms with van der Waals surface area (Å²) in [6, 6.07) is 5.86. The topological polar surface area (TPSA) is 61.2 Å². The summed E-state index contributed by atoms with van der Waals surface area (Å²) in [4.78, 5) is 11.5. The van der Waals surface area contributed by atoms with E-state index in [2.05, 4.69) is 0 Å². The first-order chi connectivity index (χ1) is 7.76. The molecular formula is C12H16N2O2. The Morgan fingerprint density at radius 2 is 2.25 bits per heavy atom. The molecule has 0 aliphatic heterocycles. The van der Waals surface area contributed by atoms with E-state index in [1.807, 2.05) is 25.1 Å². The molecule has 0 radical (unpaired) electrons. The Morgan fingerprint density at radius 3 is 2.94 bits per heavy atom. The van der Waals surface area contributed by atoms with Crippen molar-refractivity contribution >= 4 is 11.1 Å². The van der Waals surface area contributed by atoms with Gasteiger partial charge in [-0.25, -0.2) is 4.79 Å². The van der Waals surface area contributed by atoms with Gasteiger partial charge in [-0.3, -0.25) is 4.57 Å². The fourth-order valence-corrected chi connectivity index (χ4v) is 1.87. The first-order valence-corrected chi connectivity index (χ1v) is 5.58. The molecular weight excluding hydrogens is 204 g/mol. The molecule has 4 heteroatoms. The predicted molar refractivity (Wildman–Crippen MR) is 63.5 cm³/mol. The minimum absolute atomic E-state index is 0.284. The SMILES string of the molecule is CCn1c(=O)oc2ccc(CCCN)cc21. The Morgan fingerprint density at radius 1 is 1.44 bits per heavy atom. The summed E-state index contributed by atoms with van der Waals surface area (Å²) in [6.45, 7) is 3.25. The molecule has 0 atom stereocenters. The van der Waals surface area contributed by atoms with E-state index in [1.54, 1.807) is 4.57 Å². The van der Waals surface area contributed by atoms with E-state index in [4.69, 9.17) is 10.2 Å². The van der Waals surface area contributed by atoms with E-state index in [0.29, 0.717) is 18.7 Å². The van der Waals surface area contributed by atoms with Gasteiger partial charge in [0.2, 0.25) is 0 Å². The van der Waals surface area contributed by atoms with Crippen molar-refractivity contribution in [3.8, 4) is 0 Å². The molecule has 0 bridgehead atoms. The van der Waals surface area contributed by atoms with Crippen molar-refractivity contribution < 1.29 is 4.42 Å². The molecule has 0 saturated carbocycles.